The summed E-state index contributed by atoms with van der Waals surface area (Å²) in [6.45, 7) is 3.97. The van der Waals surface area contributed by atoms with E-state index in [9.17, 15) is 9.59 Å². The molecule has 1 fully saturated rings. The first kappa shape index (κ1) is 12.6. The van der Waals surface area contributed by atoms with E-state index in [0.29, 0.717) is 6.42 Å². The highest BCUT2D eigenvalue weighted by Gasteiger charge is 2.34. The van der Waals surface area contributed by atoms with E-state index in [1.54, 1.807) is 0 Å². The van der Waals surface area contributed by atoms with Crippen LogP contribution in [-0.2, 0) is 9.59 Å². The molecule has 0 aromatic rings. The van der Waals surface area contributed by atoms with E-state index in [1.165, 1.54) is 4.90 Å². The van der Waals surface area contributed by atoms with Gasteiger partial charge in [-0.05, 0) is 12.8 Å². The van der Waals surface area contributed by atoms with Crippen molar-refractivity contribution in [2.75, 3.05) is 6.54 Å². The Balaban J connectivity index is 2.81. The van der Waals surface area contributed by atoms with Gasteiger partial charge in [-0.1, -0.05) is 26.2 Å². The van der Waals surface area contributed by atoms with Gasteiger partial charge in [-0.25, -0.2) is 0 Å². The average Bonchev–Trinajstić information content (AvgIpc) is 2.28. The van der Waals surface area contributed by atoms with Crippen molar-refractivity contribution in [2.24, 2.45) is 0 Å². The van der Waals surface area contributed by atoms with Crippen LogP contribution in [0.1, 0.15) is 33.1 Å². The standard InChI is InChI=1S/C12H18N2O2/c1-4-7-9(5-2)14-8-11(15)13-10(6-3)12(14)16/h2,9-10H,4,6-8H2,1,3H3,(H,13,15). The third-order valence-electron chi connectivity index (χ3n) is 2.77. The minimum atomic E-state index is -0.408. The quantitative estimate of drug-likeness (QED) is 0.705. The molecule has 2 unspecified atom stereocenters. The predicted octanol–water partition coefficient (Wildman–Crippen LogP) is 0.525. The highest BCUT2D eigenvalue weighted by Crippen LogP contribution is 2.13. The van der Waals surface area contributed by atoms with Crippen LogP contribution in [0.4, 0.5) is 0 Å². The maximum atomic E-state index is 12.0. The molecule has 1 N–H and O–H groups in total. The number of hydrogen-bond acceptors (Lipinski definition) is 2. The molecular weight excluding hydrogens is 204 g/mol. The summed E-state index contributed by atoms with van der Waals surface area (Å²) in [4.78, 5) is 25.0. The molecule has 0 bridgehead atoms. The molecule has 0 aromatic heterocycles. The fourth-order valence-corrected chi connectivity index (χ4v) is 1.88. The van der Waals surface area contributed by atoms with Crippen LogP contribution in [-0.4, -0.2) is 35.3 Å². The average molecular weight is 222 g/mol. The maximum absolute atomic E-state index is 12.0. The molecule has 88 valence electrons. The number of terminal acetylenes is 1. The SMILES string of the molecule is C#CC(CCC)N1CC(=O)NC(CC)C1=O. The number of nitrogens with zero attached hydrogens (tertiary/aromatic N) is 1. The Morgan fingerprint density at radius 1 is 1.56 bits per heavy atom. The van der Waals surface area contributed by atoms with Crippen LogP contribution >= 0.6 is 0 Å². The van der Waals surface area contributed by atoms with Crippen molar-refractivity contribution in [3.8, 4) is 12.3 Å². The van der Waals surface area contributed by atoms with E-state index < -0.39 is 6.04 Å². The summed E-state index contributed by atoms with van der Waals surface area (Å²) in [6, 6.07) is -0.661. The normalized spacial score (nSPS) is 22.6. The van der Waals surface area contributed by atoms with Gasteiger partial charge in [0.25, 0.3) is 0 Å². The Morgan fingerprint density at radius 2 is 2.25 bits per heavy atom. The van der Waals surface area contributed by atoms with Crippen LogP contribution in [0.15, 0.2) is 0 Å². The van der Waals surface area contributed by atoms with Crippen molar-refractivity contribution in [3.05, 3.63) is 0 Å². The first-order valence-electron chi connectivity index (χ1n) is 5.70. The van der Waals surface area contributed by atoms with E-state index >= 15 is 0 Å². The van der Waals surface area contributed by atoms with E-state index in [-0.39, 0.29) is 24.4 Å². The van der Waals surface area contributed by atoms with Crippen LogP contribution in [0.25, 0.3) is 0 Å². The molecule has 1 rings (SSSR count). The zero-order valence-electron chi connectivity index (χ0n) is 9.82. The summed E-state index contributed by atoms with van der Waals surface area (Å²) >= 11 is 0. The lowest BCUT2D eigenvalue weighted by Gasteiger charge is -2.35. The molecule has 0 saturated carbocycles. The molecule has 16 heavy (non-hydrogen) atoms. The van der Waals surface area contributed by atoms with Crippen LogP contribution < -0.4 is 5.32 Å². The third-order valence-corrected chi connectivity index (χ3v) is 2.77. The van der Waals surface area contributed by atoms with Gasteiger partial charge < -0.3 is 10.2 Å². The molecular formula is C12H18N2O2. The number of rotatable bonds is 4. The maximum Gasteiger partial charge on any atom is 0.246 e. The summed E-state index contributed by atoms with van der Waals surface area (Å²) in [5, 5.41) is 2.67. The van der Waals surface area contributed by atoms with Gasteiger partial charge in [0, 0.05) is 0 Å². The minimum absolute atomic E-state index is 0.0569. The molecule has 1 aliphatic rings. The van der Waals surface area contributed by atoms with Crippen LogP contribution in [0, 0.1) is 12.3 Å². The molecule has 1 heterocycles. The second kappa shape index (κ2) is 5.55. The summed E-state index contributed by atoms with van der Waals surface area (Å²) in [6.07, 6.45) is 7.65. The van der Waals surface area contributed by atoms with Crippen LogP contribution in [0.5, 0.6) is 0 Å². The largest absolute Gasteiger partial charge is 0.343 e. The number of hydrogen-bond donors (Lipinski definition) is 1. The van der Waals surface area contributed by atoms with Gasteiger partial charge in [-0.3, -0.25) is 9.59 Å². The van der Waals surface area contributed by atoms with Crippen molar-refractivity contribution < 1.29 is 9.59 Å². The van der Waals surface area contributed by atoms with Gasteiger partial charge in [0.05, 0.1) is 6.04 Å². The summed E-state index contributed by atoms with van der Waals surface area (Å²) in [5.74, 6) is 2.41. The number of amides is 2. The Labute approximate surface area is 96.4 Å². The molecule has 2 amide bonds. The summed E-state index contributed by atoms with van der Waals surface area (Å²) in [7, 11) is 0. The van der Waals surface area contributed by atoms with Gasteiger partial charge in [0.1, 0.15) is 12.6 Å². The number of nitrogens with one attached hydrogen (secondary N) is 1. The highest BCUT2D eigenvalue weighted by molar-refractivity contribution is 5.95. The number of carbonyl (C=O) groups excluding carboxylic acids is 2. The molecule has 1 aliphatic heterocycles. The lowest BCUT2D eigenvalue weighted by molar-refractivity contribution is -0.145. The molecule has 2 atom stereocenters. The molecule has 0 aromatic carbocycles. The zero-order valence-corrected chi connectivity index (χ0v) is 9.82. The lowest BCUT2D eigenvalue weighted by Crippen LogP contribution is -2.60. The molecule has 0 spiro atoms. The van der Waals surface area contributed by atoms with E-state index in [1.807, 2.05) is 13.8 Å². The highest BCUT2D eigenvalue weighted by atomic mass is 16.2. The van der Waals surface area contributed by atoms with Crippen LogP contribution in [0.3, 0.4) is 0 Å². The molecule has 0 aliphatic carbocycles. The van der Waals surface area contributed by atoms with Crippen molar-refractivity contribution in [1.82, 2.24) is 10.2 Å². The molecule has 4 heteroatoms. The lowest BCUT2D eigenvalue weighted by atomic mass is 10.1. The number of carbonyl (C=O) groups is 2. The first-order valence-corrected chi connectivity index (χ1v) is 5.70. The Hall–Kier alpha value is -1.50. The Morgan fingerprint density at radius 3 is 2.75 bits per heavy atom. The number of piperazine rings is 1. The van der Waals surface area contributed by atoms with Crippen LogP contribution in [0.2, 0.25) is 0 Å². The summed E-state index contributed by atoms with van der Waals surface area (Å²) < 4.78 is 0. The van der Waals surface area contributed by atoms with Crippen molar-refractivity contribution in [3.63, 3.8) is 0 Å². The van der Waals surface area contributed by atoms with Gasteiger partial charge in [-0.15, -0.1) is 6.42 Å². The first-order chi connectivity index (χ1) is 7.63. The van der Waals surface area contributed by atoms with Crippen molar-refractivity contribution in [1.29, 1.82) is 0 Å². The van der Waals surface area contributed by atoms with Crippen molar-refractivity contribution in [2.45, 2.75) is 45.2 Å². The van der Waals surface area contributed by atoms with E-state index in [0.717, 1.165) is 12.8 Å². The fourth-order valence-electron chi connectivity index (χ4n) is 1.88. The van der Waals surface area contributed by atoms with Gasteiger partial charge in [0.15, 0.2) is 0 Å². The Kier molecular flexibility index (Phi) is 4.36. The topological polar surface area (TPSA) is 49.4 Å². The molecule has 4 nitrogen and oxygen atoms in total. The summed E-state index contributed by atoms with van der Waals surface area (Å²) in [5.41, 5.74) is 0. The third kappa shape index (κ3) is 2.54. The van der Waals surface area contributed by atoms with Gasteiger partial charge in [0.2, 0.25) is 11.8 Å². The monoisotopic (exact) mass is 222 g/mol. The zero-order chi connectivity index (χ0) is 12.1. The van der Waals surface area contributed by atoms with Crippen molar-refractivity contribution >= 4 is 11.8 Å². The van der Waals surface area contributed by atoms with Gasteiger partial charge in [-0.2, -0.15) is 0 Å². The second-order valence-electron chi connectivity index (χ2n) is 3.97. The fraction of sp³-hybridized carbons (Fsp3) is 0.667. The Bertz CT molecular complexity index is 319. The van der Waals surface area contributed by atoms with E-state index in [2.05, 4.69) is 11.2 Å². The van der Waals surface area contributed by atoms with E-state index in [4.69, 9.17) is 6.42 Å². The minimum Gasteiger partial charge on any atom is -0.343 e. The second-order valence-corrected chi connectivity index (χ2v) is 3.97. The molecule has 0 radical (unpaired) electrons. The smallest absolute Gasteiger partial charge is 0.246 e. The molecule has 1 saturated heterocycles. The van der Waals surface area contributed by atoms with Gasteiger partial charge >= 0.3 is 0 Å². The predicted molar refractivity (Wildman–Crippen MR) is 61.5 cm³/mol.